The number of hydrogen-bond donors (Lipinski definition) is 3. The van der Waals surface area contributed by atoms with E-state index in [-0.39, 0.29) is 31.9 Å². The van der Waals surface area contributed by atoms with Crippen LogP contribution in [-0.4, -0.2) is 63.9 Å². The molecule has 1 fully saturated rings. The van der Waals surface area contributed by atoms with Crippen molar-refractivity contribution in [3.8, 4) is 11.1 Å². The molecule has 0 bridgehead atoms. The number of carboxylic acid groups (broad SMARTS) is 1. The van der Waals surface area contributed by atoms with Crippen LogP contribution in [0.1, 0.15) is 43.7 Å². The molecule has 174 valence electrons. The zero-order valence-electron chi connectivity index (χ0n) is 18.7. The molecular weight excluding hydrogens is 424 g/mol. The number of carbonyl (C=O) groups is 3. The Morgan fingerprint density at radius 2 is 1.64 bits per heavy atom. The van der Waals surface area contributed by atoms with Gasteiger partial charge in [-0.05, 0) is 36.1 Å². The van der Waals surface area contributed by atoms with Gasteiger partial charge in [0.05, 0.1) is 6.10 Å². The van der Waals surface area contributed by atoms with Crippen LogP contribution in [0.2, 0.25) is 0 Å². The van der Waals surface area contributed by atoms with E-state index in [0.29, 0.717) is 0 Å². The van der Waals surface area contributed by atoms with Crippen molar-refractivity contribution in [1.82, 2.24) is 10.2 Å². The molecule has 1 aliphatic carbocycles. The van der Waals surface area contributed by atoms with Gasteiger partial charge in [0.2, 0.25) is 5.91 Å². The van der Waals surface area contributed by atoms with Crippen molar-refractivity contribution in [2.45, 2.75) is 50.3 Å². The largest absolute Gasteiger partial charge is 0.480 e. The smallest absolute Gasteiger partial charge is 0.407 e. The molecule has 2 atom stereocenters. The first-order valence-corrected chi connectivity index (χ1v) is 11.0. The second-order valence-electron chi connectivity index (χ2n) is 9.30. The average Bonchev–Trinajstić information content (AvgIpc) is 3.30. The van der Waals surface area contributed by atoms with Crippen LogP contribution < -0.4 is 5.32 Å². The van der Waals surface area contributed by atoms with Crippen LogP contribution in [0.5, 0.6) is 0 Å². The summed E-state index contributed by atoms with van der Waals surface area (Å²) in [6.45, 7) is 3.48. The first-order chi connectivity index (χ1) is 15.7. The minimum Gasteiger partial charge on any atom is -0.480 e. The molecule has 1 saturated heterocycles. The fraction of sp³-hybridized carbons (Fsp3) is 0.400. The number of hydrogen-bond acceptors (Lipinski definition) is 5. The number of β-amino-alcohol motifs (C(OH)–C–C–N with tert-alkyl or cyclic N) is 1. The van der Waals surface area contributed by atoms with Crippen LogP contribution in [0.4, 0.5) is 4.79 Å². The average molecular weight is 453 g/mol. The van der Waals surface area contributed by atoms with Crippen LogP contribution in [0.3, 0.4) is 0 Å². The number of nitrogens with one attached hydrogen (secondary N) is 1. The number of aliphatic hydroxyl groups excluding tert-OH is 1. The van der Waals surface area contributed by atoms with Gasteiger partial charge in [-0.15, -0.1) is 0 Å². The molecule has 0 radical (unpaired) electrons. The van der Waals surface area contributed by atoms with Gasteiger partial charge >= 0.3 is 12.1 Å². The van der Waals surface area contributed by atoms with Gasteiger partial charge in [-0.2, -0.15) is 0 Å². The van der Waals surface area contributed by atoms with Gasteiger partial charge in [0, 0.05) is 30.8 Å². The summed E-state index contributed by atoms with van der Waals surface area (Å²) in [5.41, 5.74) is 3.51. The van der Waals surface area contributed by atoms with E-state index in [1.54, 1.807) is 13.8 Å². The molecule has 2 unspecified atom stereocenters. The first-order valence-electron chi connectivity index (χ1n) is 11.0. The minimum atomic E-state index is -1.15. The predicted octanol–water partition coefficient (Wildman–Crippen LogP) is 2.74. The molecular formula is C25H28N2O6. The van der Waals surface area contributed by atoms with Crippen LogP contribution in [-0.2, 0) is 14.3 Å². The number of alkyl carbamates (subject to hydrolysis) is 1. The van der Waals surface area contributed by atoms with Crippen LogP contribution >= 0.6 is 0 Å². The van der Waals surface area contributed by atoms with E-state index in [9.17, 15) is 24.6 Å². The van der Waals surface area contributed by atoms with E-state index in [0.717, 1.165) is 27.2 Å². The molecule has 3 N–H and O–H groups in total. The highest BCUT2D eigenvalue weighted by atomic mass is 16.5. The Hall–Kier alpha value is -3.39. The molecule has 2 amide bonds. The Labute approximate surface area is 192 Å². The molecule has 33 heavy (non-hydrogen) atoms. The topological polar surface area (TPSA) is 116 Å². The zero-order valence-corrected chi connectivity index (χ0v) is 18.7. The van der Waals surface area contributed by atoms with E-state index in [1.165, 1.54) is 0 Å². The second-order valence-corrected chi connectivity index (χ2v) is 9.30. The van der Waals surface area contributed by atoms with Crippen molar-refractivity contribution in [2.75, 3.05) is 13.2 Å². The molecule has 4 rings (SSSR count). The van der Waals surface area contributed by atoms with Crippen LogP contribution in [0, 0.1) is 0 Å². The molecule has 0 spiro atoms. The SMILES string of the molecule is CC(C)(CC(=O)N1CC(O)CC1C(=O)O)NC(=O)OCC1c2ccccc2-c2ccccc21. The highest BCUT2D eigenvalue weighted by molar-refractivity contribution is 5.85. The molecule has 8 heteroatoms. The van der Waals surface area contributed by atoms with Gasteiger partial charge in [0.25, 0.3) is 0 Å². The normalized spacial score (nSPS) is 19.7. The van der Waals surface area contributed by atoms with Gasteiger partial charge in [0.1, 0.15) is 12.6 Å². The maximum absolute atomic E-state index is 12.7. The quantitative estimate of drug-likeness (QED) is 0.621. The van der Waals surface area contributed by atoms with E-state index in [4.69, 9.17) is 4.74 Å². The van der Waals surface area contributed by atoms with E-state index < -0.39 is 35.7 Å². The summed E-state index contributed by atoms with van der Waals surface area (Å²) in [5.74, 6) is -1.67. The van der Waals surface area contributed by atoms with Gasteiger partial charge in [-0.3, -0.25) is 4.79 Å². The summed E-state index contributed by atoms with van der Waals surface area (Å²) in [6, 6.07) is 15.0. The van der Waals surface area contributed by atoms with Crippen molar-refractivity contribution in [2.24, 2.45) is 0 Å². The number of benzene rings is 2. The van der Waals surface area contributed by atoms with Gasteiger partial charge in [0.15, 0.2) is 0 Å². The van der Waals surface area contributed by atoms with Crippen molar-refractivity contribution >= 4 is 18.0 Å². The lowest BCUT2D eigenvalue weighted by molar-refractivity contribution is -0.148. The van der Waals surface area contributed by atoms with Crippen molar-refractivity contribution < 1.29 is 29.3 Å². The minimum absolute atomic E-state index is 0.00130. The second kappa shape index (κ2) is 8.86. The molecule has 0 saturated carbocycles. The standard InChI is InChI=1S/C25H28N2O6/c1-25(2,12-22(29)27-13-15(28)11-21(27)23(30)31)26-24(32)33-14-20-18-9-5-3-7-16(18)17-8-4-6-10-19(17)20/h3-10,15,20-21,28H,11-14H2,1-2H3,(H,26,32)(H,30,31). The molecule has 2 aliphatic rings. The number of amides is 2. The number of likely N-dealkylation sites (tertiary alicyclic amines) is 1. The maximum atomic E-state index is 12.7. The molecule has 8 nitrogen and oxygen atoms in total. The Morgan fingerprint density at radius 3 is 2.21 bits per heavy atom. The summed E-state index contributed by atoms with van der Waals surface area (Å²) in [4.78, 5) is 37.8. The lowest BCUT2D eigenvalue weighted by atomic mass is 9.98. The molecule has 1 heterocycles. The Kier molecular flexibility index (Phi) is 6.12. The highest BCUT2D eigenvalue weighted by Gasteiger charge is 2.40. The fourth-order valence-electron chi connectivity index (χ4n) is 4.76. The Bertz CT molecular complexity index is 1040. The van der Waals surface area contributed by atoms with Gasteiger partial charge < -0.3 is 25.2 Å². The Morgan fingerprint density at radius 1 is 1.06 bits per heavy atom. The first kappa shape index (κ1) is 22.8. The molecule has 2 aromatic rings. The third kappa shape index (κ3) is 4.71. The van der Waals surface area contributed by atoms with Crippen molar-refractivity contribution in [3.63, 3.8) is 0 Å². The number of carboxylic acids is 1. The third-order valence-electron chi connectivity index (χ3n) is 6.26. The number of fused-ring (bicyclic) bond motifs is 3. The monoisotopic (exact) mass is 452 g/mol. The van der Waals surface area contributed by atoms with Crippen molar-refractivity contribution in [3.05, 3.63) is 59.7 Å². The lowest BCUT2D eigenvalue weighted by Crippen LogP contribution is -2.49. The lowest BCUT2D eigenvalue weighted by Gasteiger charge is -2.29. The molecule has 0 aromatic heterocycles. The van der Waals surface area contributed by atoms with E-state index in [2.05, 4.69) is 17.4 Å². The molecule has 1 aliphatic heterocycles. The number of carbonyl (C=O) groups excluding carboxylic acids is 2. The summed E-state index contributed by atoms with van der Waals surface area (Å²) >= 11 is 0. The van der Waals surface area contributed by atoms with E-state index in [1.807, 2.05) is 36.4 Å². The van der Waals surface area contributed by atoms with Crippen molar-refractivity contribution in [1.29, 1.82) is 0 Å². The molecule has 2 aromatic carbocycles. The number of aliphatic carboxylic acids is 1. The van der Waals surface area contributed by atoms with Crippen LogP contribution in [0.25, 0.3) is 11.1 Å². The Balaban J connectivity index is 1.37. The zero-order chi connectivity index (χ0) is 23.8. The van der Waals surface area contributed by atoms with Crippen LogP contribution in [0.15, 0.2) is 48.5 Å². The summed E-state index contributed by atoms with van der Waals surface area (Å²) < 4.78 is 5.55. The fourth-order valence-corrected chi connectivity index (χ4v) is 4.76. The maximum Gasteiger partial charge on any atom is 0.407 e. The predicted molar refractivity (Wildman–Crippen MR) is 121 cm³/mol. The summed E-state index contributed by atoms with van der Waals surface area (Å²) in [5, 5.41) is 21.8. The summed E-state index contributed by atoms with van der Waals surface area (Å²) in [6.07, 6.45) is -1.63. The van der Waals surface area contributed by atoms with E-state index >= 15 is 0 Å². The number of ether oxygens (including phenoxy) is 1. The third-order valence-corrected chi connectivity index (χ3v) is 6.26. The summed E-state index contributed by atoms with van der Waals surface area (Å²) in [7, 11) is 0. The van der Waals surface area contributed by atoms with Gasteiger partial charge in [-0.1, -0.05) is 48.5 Å². The van der Waals surface area contributed by atoms with Gasteiger partial charge in [-0.25, -0.2) is 9.59 Å². The number of aliphatic hydroxyl groups is 1. The highest BCUT2D eigenvalue weighted by Crippen LogP contribution is 2.44. The number of nitrogens with zero attached hydrogens (tertiary/aromatic N) is 1. The number of rotatable bonds is 6.